The van der Waals surface area contributed by atoms with Crippen LogP contribution < -0.4 is 11.5 Å². The third-order valence-electron chi connectivity index (χ3n) is 10.0. The number of benzene rings is 4. The van der Waals surface area contributed by atoms with Crippen LogP contribution in [0.3, 0.4) is 0 Å². The van der Waals surface area contributed by atoms with E-state index in [1.54, 1.807) is 0 Å². The largest absolute Gasteiger partial charge is 0.399 e. The minimum absolute atomic E-state index is 0.462. The summed E-state index contributed by atoms with van der Waals surface area (Å²) < 4.78 is 0. The quantitative estimate of drug-likeness (QED) is 0.0670. The molecule has 0 saturated carbocycles. The van der Waals surface area contributed by atoms with Gasteiger partial charge in [-0.15, -0.1) is 0 Å². The summed E-state index contributed by atoms with van der Waals surface area (Å²) in [5.41, 5.74) is 22.1. The maximum atomic E-state index is 5.92. The normalized spacial score (nSPS) is 12.6. The molecule has 0 radical (unpaired) electrons. The Labute approximate surface area is 287 Å². The van der Waals surface area contributed by atoms with Gasteiger partial charge in [0.05, 0.1) is 0 Å². The van der Waals surface area contributed by atoms with Crippen LogP contribution in [-0.2, 0) is 12.8 Å². The Hall–Kier alpha value is -3.52. The summed E-state index contributed by atoms with van der Waals surface area (Å²) in [6, 6.07) is 35.8. The molecule has 47 heavy (non-hydrogen) atoms. The van der Waals surface area contributed by atoms with E-state index in [1.807, 2.05) is 24.3 Å². The average Bonchev–Trinajstić information content (AvgIpc) is 3.10. The molecule has 4 N–H and O–H groups in total. The van der Waals surface area contributed by atoms with Crippen LogP contribution in [0, 0.1) is 0 Å². The number of hydrogen-bond donors (Lipinski definition) is 2. The maximum absolute atomic E-state index is 5.92. The first-order valence-electron chi connectivity index (χ1n) is 19.0. The number of hydrogen-bond acceptors (Lipinski definition) is 2. The fourth-order valence-electron chi connectivity index (χ4n) is 7.17. The van der Waals surface area contributed by atoms with E-state index >= 15 is 0 Å². The number of anilines is 2. The highest BCUT2D eigenvalue weighted by Crippen LogP contribution is 2.31. The minimum Gasteiger partial charge on any atom is -0.399 e. The van der Waals surface area contributed by atoms with Crippen LogP contribution in [0.5, 0.6) is 0 Å². The lowest BCUT2D eigenvalue weighted by Gasteiger charge is -2.18. The Morgan fingerprint density at radius 2 is 0.617 bits per heavy atom. The summed E-state index contributed by atoms with van der Waals surface area (Å²) >= 11 is 0. The van der Waals surface area contributed by atoms with E-state index in [-0.39, 0.29) is 0 Å². The predicted molar refractivity (Wildman–Crippen MR) is 206 cm³/mol. The first kappa shape index (κ1) is 36.3. The van der Waals surface area contributed by atoms with Crippen molar-refractivity contribution in [3.63, 3.8) is 0 Å². The van der Waals surface area contributed by atoms with E-state index in [0.29, 0.717) is 11.8 Å². The van der Waals surface area contributed by atoms with E-state index in [0.717, 1.165) is 11.4 Å². The number of rotatable bonds is 22. The Morgan fingerprint density at radius 3 is 0.894 bits per heavy atom. The molecular formula is C45H62N2. The highest BCUT2D eigenvalue weighted by atomic mass is 14.5. The second-order valence-electron chi connectivity index (χ2n) is 13.9. The Kier molecular flexibility index (Phi) is 16.0. The molecule has 0 saturated heterocycles. The lowest BCUT2D eigenvalue weighted by atomic mass is 9.87. The molecule has 2 unspecified atom stereocenters. The number of nitrogen functional groups attached to an aromatic ring is 2. The molecule has 0 aromatic heterocycles. The molecule has 2 atom stereocenters. The Morgan fingerprint density at radius 1 is 0.362 bits per heavy atom. The van der Waals surface area contributed by atoms with Gasteiger partial charge in [-0.2, -0.15) is 0 Å². The Bertz CT molecular complexity index is 1260. The Balaban J connectivity index is 1.01. The topological polar surface area (TPSA) is 52.0 Å². The van der Waals surface area contributed by atoms with Gasteiger partial charge in [0.2, 0.25) is 0 Å². The van der Waals surface area contributed by atoms with Crippen LogP contribution in [0.1, 0.15) is 155 Å². The molecule has 0 aliphatic rings. The van der Waals surface area contributed by atoms with Crippen LogP contribution in [0.25, 0.3) is 0 Å². The van der Waals surface area contributed by atoms with Crippen molar-refractivity contribution in [2.24, 2.45) is 0 Å². The van der Waals surface area contributed by atoms with Gasteiger partial charge in [-0.25, -0.2) is 0 Å². The van der Waals surface area contributed by atoms with Gasteiger partial charge in [0.15, 0.2) is 0 Å². The third-order valence-corrected chi connectivity index (χ3v) is 10.0. The molecule has 0 amide bonds. The van der Waals surface area contributed by atoms with E-state index in [2.05, 4.69) is 86.6 Å². The van der Waals surface area contributed by atoms with E-state index in [9.17, 15) is 0 Å². The zero-order valence-corrected chi connectivity index (χ0v) is 29.6. The predicted octanol–water partition coefficient (Wildman–Crippen LogP) is 12.8. The molecule has 0 heterocycles. The zero-order chi connectivity index (χ0) is 33.1. The first-order valence-corrected chi connectivity index (χ1v) is 19.0. The summed E-state index contributed by atoms with van der Waals surface area (Å²) in [5.74, 6) is 0.924. The maximum Gasteiger partial charge on any atom is 0.0314 e. The molecule has 0 spiro atoms. The van der Waals surface area contributed by atoms with Gasteiger partial charge < -0.3 is 11.5 Å². The van der Waals surface area contributed by atoms with E-state index in [4.69, 9.17) is 11.5 Å². The van der Waals surface area contributed by atoms with Gasteiger partial charge in [0, 0.05) is 23.2 Å². The van der Waals surface area contributed by atoms with Crippen molar-refractivity contribution in [1.82, 2.24) is 0 Å². The molecule has 2 nitrogen and oxygen atoms in total. The second kappa shape index (κ2) is 20.7. The molecule has 0 bridgehead atoms. The minimum atomic E-state index is 0.462. The summed E-state index contributed by atoms with van der Waals surface area (Å²) in [6.45, 7) is 4.54. The molecule has 2 heteroatoms. The van der Waals surface area contributed by atoms with Crippen molar-refractivity contribution in [2.75, 3.05) is 11.5 Å². The van der Waals surface area contributed by atoms with Crippen LogP contribution in [0.4, 0.5) is 11.4 Å². The summed E-state index contributed by atoms with van der Waals surface area (Å²) in [6.07, 6.45) is 22.2. The van der Waals surface area contributed by atoms with Crippen LogP contribution >= 0.6 is 0 Å². The molecule has 4 aromatic rings. The smallest absolute Gasteiger partial charge is 0.0314 e. The highest BCUT2D eigenvalue weighted by Gasteiger charge is 2.14. The molecule has 0 aliphatic heterocycles. The van der Waals surface area contributed by atoms with Crippen LogP contribution in [-0.4, -0.2) is 0 Å². The van der Waals surface area contributed by atoms with Crippen molar-refractivity contribution in [1.29, 1.82) is 0 Å². The summed E-state index contributed by atoms with van der Waals surface area (Å²) in [7, 11) is 0. The SMILES string of the molecule is CCCC(c1ccc(N)cc1)c1ccc(CCCCCCCCCCCCCc2ccc(C(CCC)c3ccc(N)cc3)cc2)cc1. The van der Waals surface area contributed by atoms with Gasteiger partial charge >= 0.3 is 0 Å². The van der Waals surface area contributed by atoms with Crippen LogP contribution in [0.15, 0.2) is 97.1 Å². The fourth-order valence-corrected chi connectivity index (χ4v) is 7.17. The second-order valence-corrected chi connectivity index (χ2v) is 13.9. The third kappa shape index (κ3) is 12.5. The molecular weight excluding hydrogens is 569 g/mol. The van der Waals surface area contributed by atoms with Gasteiger partial charge in [0.1, 0.15) is 0 Å². The van der Waals surface area contributed by atoms with Gasteiger partial charge in [-0.3, -0.25) is 0 Å². The van der Waals surface area contributed by atoms with E-state index in [1.165, 1.54) is 143 Å². The summed E-state index contributed by atoms with van der Waals surface area (Å²) in [4.78, 5) is 0. The van der Waals surface area contributed by atoms with Crippen molar-refractivity contribution in [3.8, 4) is 0 Å². The summed E-state index contributed by atoms with van der Waals surface area (Å²) in [5, 5.41) is 0. The number of nitrogens with two attached hydrogens (primary N) is 2. The van der Waals surface area contributed by atoms with Crippen molar-refractivity contribution < 1.29 is 0 Å². The van der Waals surface area contributed by atoms with Crippen LogP contribution in [0.2, 0.25) is 0 Å². The van der Waals surface area contributed by atoms with Crippen molar-refractivity contribution in [2.45, 2.75) is 135 Å². The highest BCUT2D eigenvalue weighted by molar-refractivity contribution is 5.44. The molecule has 0 fully saturated rings. The van der Waals surface area contributed by atoms with Gasteiger partial charge in [-0.05, 0) is 96.2 Å². The molecule has 4 rings (SSSR count). The number of unbranched alkanes of at least 4 members (excludes halogenated alkanes) is 10. The fraction of sp³-hybridized carbons (Fsp3) is 0.467. The number of aryl methyl sites for hydroxylation is 2. The van der Waals surface area contributed by atoms with Gasteiger partial charge in [-0.1, -0.05) is 157 Å². The van der Waals surface area contributed by atoms with Crippen molar-refractivity contribution in [3.05, 3.63) is 130 Å². The lowest BCUT2D eigenvalue weighted by molar-refractivity contribution is 0.545. The lowest BCUT2D eigenvalue weighted by Crippen LogP contribution is -2.01. The molecule has 0 aliphatic carbocycles. The van der Waals surface area contributed by atoms with E-state index < -0.39 is 0 Å². The molecule has 4 aromatic carbocycles. The van der Waals surface area contributed by atoms with Gasteiger partial charge in [0.25, 0.3) is 0 Å². The monoisotopic (exact) mass is 630 g/mol. The average molecular weight is 631 g/mol. The van der Waals surface area contributed by atoms with Crippen molar-refractivity contribution >= 4 is 11.4 Å². The zero-order valence-electron chi connectivity index (χ0n) is 29.6. The first-order chi connectivity index (χ1) is 23.1. The molecule has 252 valence electrons. The standard InChI is InChI=1S/C45H62N2/c1-3-16-44(40-28-32-42(46)33-29-40)38-24-20-36(21-25-38)18-14-12-10-8-6-5-7-9-11-13-15-19-37-22-26-39(27-23-37)45(17-4-2)41-30-34-43(47)35-31-41/h20-35,44-45H,3-19,46-47H2,1-2H3.